The Hall–Kier alpha value is -4.50. The first-order valence-electron chi connectivity index (χ1n) is 15.0. The maximum absolute atomic E-state index is 13.5. The molecule has 6 heterocycles. The second kappa shape index (κ2) is 8.75. The van der Waals surface area contributed by atoms with E-state index in [1.165, 1.54) is 12.8 Å². The molecule has 42 heavy (non-hydrogen) atoms. The highest BCUT2D eigenvalue weighted by Crippen LogP contribution is 2.39. The van der Waals surface area contributed by atoms with Gasteiger partial charge in [0.1, 0.15) is 11.3 Å². The molecule has 5 aromatic heterocycles. The largest absolute Gasteiger partial charge is 0.334 e. The van der Waals surface area contributed by atoms with E-state index in [0.717, 1.165) is 81.6 Å². The van der Waals surface area contributed by atoms with Crippen molar-refractivity contribution in [3.8, 4) is 22.6 Å². The standard InChI is InChI=1S/C33H32N8O/c1-18-27-11-9-22(33(42)40-16-21-8-12-28(40)30(21)34)17-41(27)38-31(18)29-13-20-7-10-25(36-32(20)39(29)15-19-5-6-19)23-3-2-4-26-24(23)14-35-37-26/h2-4,7,9-11,13-14,17,19,21,28,30H,5-6,8,12,15-16,34H2,1H3,(H,35,37)/t21?,28?,30-/m1/s1. The molecule has 1 amide bonds. The lowest BCUT2D eigenvalue weighted by Crippen LogP contribution is -2.41. The Morgan fingerprint density at radius 3 is 2.81 bits per heavy atom. The molecule has 1 aliphatic heterocycles. The smallest absolute Gasteiger partial charge is 0.255 e. The van der Waals surface area contributed by atoms with Gasteiger partial charge in [0.05, 0.1) is 34.2 Å². The van der Waals surface area contributed by atoms with Gasteiger partial charge in [-0.1, -0.05) is 12.1 Å². The predicted molar refractivity (Wildman–Crippen MR) is 162 cm³/mol. The van der Waals surface area contributed by atoms with Gasteiger partial charge in [0.15, 0.2) is 0 Å². The van der Waals surface area contributed by atoms with E-state index in [2.05, 4.69) is 46.0 Å². The number of aromatic nitrogens is 6. The van der Waals surface area contributed by atoms with Crippen LogP contribution in [-0.4, -0.2) is 58.8 Å². The first kappa shape index (κ1) is 24.1. The van der Waals surface area contributed by atoms with E-state index in [9.17, 15) is 4.79 Å². The number of H-pyrrole nitrogens is 1. The van der Waals surface area contributed by atoms with E-state index in [-0.39, 0.29) is 18.0 Å². The highest BCUT2D eigenvalue weighted by molar-refractivity contribution is 5.96. The van der Waals surface area contributed by atoms with Crippen molar-refractivity contribution < 1.29 is 4.79 Å². The summed E-state index contributed by atoms with van der Waals surface area (Å²) in [6.07, 6.45) is 8.37. The Morgan fingerprint density at radius 1 is 1.10 bits per heavy atom. The average molecular weight is 557 g/mol. The van der Waals surface area contributed by atoms with Crippen LogP contribution >= 0.6 is 0 Å². The molecule has 210 valence electrons. The molecule has 0 radical (unpaired) electrons. The lowest BCUT2D eigenvalue weighted by atomic mass is 10.1. The Bertz CT molecular complexity index is 2050. The third-order valence-electron chi connectivity index (χ3n) is 9.92. The third-order valence-corrected chi connectivity index (χ3v) is 9.92. The van der Waals surface area contributed by atoms with E-state index >= 15 is 0 Å². The zero-order valence-corrected chi connectivity index (χ0v) is 23.5. The van der Waals surface area contributed by atoms with Crippen LogP contribution in [-0.2, 0) is 6.54 Å². The Kier molecular flexibility index (Phi) is 5.03. The molecule has 9 heteroatoms. The molecule has 3 N–H and O–H groups in total. The van der Waals surface area contributed by atoms with Crippen LogP contribution in [0.2, 0.25) is 0 Å². The van der Waals surface area contributed by atoms with E-state index in [1.807, 2.05) is 46.1 Å². The number of aromatic amines is 1. The van der Waals surface area contributed by atoms with Gasteiger partial charge in [0, 0.05) is 53.3 Å². The number of amides is 1. The number of rotatable bonds is 5. The van der Waals surface area contributed by atoms with Gasteiger partial charge in [-0.15, -0.1) is 0 Å². The summed E-state index contributed by atoms with van der Waals surface area (Å²) in [4.78, 5) is 20.7. The summed E-state index contributed by atoms with van der Waals surface area (Å²) in [7, 11) is 0. The zero-order chi connectivity index (χ0) is 28.1. The van der Waals surface area contributed by atoms with Gasteiger partial charge >= 0.3 is 0 Å². The zero-order valence-electron chi connectivity index (χ0n) is 23.5. The van der Waals surface area contributed by atoms with Gasteiger partial charge in [-0.25, -0.2) is 9.50 Å². The average Bonchev–Trinajstić information content (AvgIpc) is 3.31. The monoisotopic (exact) mass is 556 g/mol. The van der Waals surface area contributed by atoms with Crippen molar-refractivity contribution in [1.29, 1.82) is 0 Å². The lowest BCUT2D eigenvalue weighted by Gasteiger charge is -2.27. The molecule has 3 fully saturated rings. The third kappa shape index (κ3) is 3.52. The summed E-state index contributed by atoms with van der Waals surface area (Å²) in [5, 5.41) is 14.6. The normalized spacial score (nSPS) is 21.9. The van der Waals surface area contributed by atoms with Crippen molar-refractivity contribution in [2.45, 2.75) is 51.2 Å². The number of nitrogens with one attached hydrogen (secondary N) is 1. The molecule has 3 atom stereocenters. The van der Waals surface area contributed by atoms with Gasteiger partial charge in [-0.05, 0) is 80.8 Å². The molecule has 0 spiro atoms. The number of fused-ring (bicyclic) bond motifs is 5. The lowest BCUT2D eigenvalue weighted by molar-refractivity contribution is 0.0700. The van der Waals surface area contributed by atoms with Crippen LogP contribution in [0.3, 0.4) is 0 Å². The quantitative estimate of drug-likeness (QED) is 0.304. The number of pyridine rings is 2. The summed E-state index contributed by atoms with van der Waals surface area (Å²) in [6.45, 7) is 3.80. The number of nitrogens with zero attached hydrogens (tertiary/aromatic N) is 6. The van der Waals surface area contributed by atoms with Crippen LogP contribution in [0.1, 0.15) is 41.6 Å². The van der Waals surface area contributed by atoms with Crippen molar-refractivity contribution in [3.63, 3.8) is 0 Å². The van der Waals surface area contributed by atoms with Crippen molar-refractivity contribution in [2.24, 2.45) is 17.6 Å². The Balaban J connectivity index is 1.14. The van der Waals surface area contributed by atoms with Gasteiger partial charge in [-0.3, -0.25) is 9.89 Å². The van der Waals surface area contributed by atoms with Crippen LogP contribution in [0, 0.1) is 18.8 Å². The number of hydrogen-bond acceptors (Lipinski definition) is 5. The summed E-state index contributed by atoms with van der Waals surface area (Å²) in [6, 6.07) is 16.9. The summed E-state index contributed by atoms with van der Waals surface area (Å²) in [5.74, 6) is 1.14. The number of hydrogen-bond donors (Lipinski definition) is 2. The van der Waals surface area contributed by atoms with E-state index < -0.39 is 0 Å². The molecular formula is C33H32N8O. The fraction of sp³-hybridized carbons (Fsp3) is 0.333. The van der Waals surface area contributed by atoms with Crippen molar-refractivity contribution >= 4 is 33.4 Å². The highest BCUT2D eigenvalue weighted by Gasteiger charge is 2.46. The fourth-order valence-corrected chi connectivity index (χ4v) is 7.40. The van der Waals surface area contributed by atoms with E-state index in [0.29, 0.717) is 17.4 Å². The minimum atomic E-state index is 0.0569. The van der Waals surface area contributed by atoms with Crippen LogP contribution in [0.4, 0.5) is 0 Å². The van der Waals surface area contributed by atoms with Gasteiger partial charge < -0.3 is 15.2 Å². The first-order valence-corrected chi connectivity index (χ1v) is 15.0. The SMILES string of the molecule is Cc1c(-c2cc3ccc(-c4cccc5[nH]ncc45)nc3n2CC2CC2)nn2cc(C(=O)N3CC4CCC3[C@@H]4N)ccc12. The number of aryl methyl sites for hydroxylation is 1. The molecule has 1 saturated heterocycles. The summed E-state index contributed by atoms with van der Waals surface area (Å²) in [5.41, 5.74) is 15.1. The van der Waals surface area contributed by atoms with Gasteiger partial charge in [0.2, 0.25) is 0 Å². The van der Waals surface area contributed by atoms with Crippen LogP contribution < -0.4 is 5.73 Å². The number of carbonyl (C=O) groups is 1. The summed E-state index contributed by atoms with van der Waals surface area (Å²) < 4.78 is 4.24. The second-order valence-corrected chi connectivity index (χ2v) is 12.5. The van der Waals surface area contributed by atoms with Gasteiger partial charge in [-0.2, -0.15) is 10.2 Å². The van der Waals surface area contributed by atoms with Gasteiger partial charge in [0.25, 0.3) is 5.91 Å². The molecule has 6 aromatic rings. The maximum Gasteiger partial charge on any atom is 0.255 e. The Morgan fingerprint density at radius 2 is 2.00 bits per heavy atom. The van der Waals surface area contributed by atoms with Crippen LogP contribution in [0.5, 0.6) is 0 Å². The number of nitrogens with two attached hydrogens (primary N) is 1. The topological polar surface area (TPSA) is 110 Å². The molecule has 9 rings (SSSR count). The number of likely N-dealkylation sites (tertiary alicyclic amines) is 1. The van der Waals surface area contributed by atoms with E-state index in [4.69, 9.17) is 15.8 Å². The molecule has 2 aliphatic carbocycles. The predicted octanol–water partition coefficient (Wildman–Crippen LogP) is 5.17. The second-order valence-electron chi connectivity index (χ2n) is 12.5. The van der Waals surface area contributed by atoms with Crippen LogP contribution in [0.25, 0.3) is 50.1 Å². The van der Waals surface area contributed by atoms with Crippen molar-refractivity contribution in [2.75, 3.05) is 6.54 Å². The molecule has 1 aromatic carbocycles. The minimum absolute atomic E-state index is 0.0569. The minimum Gasteiger partial charge on any atom is -0.334 e. The molecule has 3 aliphatic rings. The van der Waals surface area contributed by atoms with E-state index in [1.54, 1.807) is 0 Å². The highest BCUT2D eigenvalue weighted by atomic mass is 16.2. The number of piperidine rings is 1. The summed E-state index contributed by atoms with van der Waals surface area (Å²) >= 11 is 0. The maximum atomic E-state index is 13.5. The van der Waals surface area contributed by atoms with Crippen molar-refractivity contribution in [3.05, 3.63) is 72.1 Å². The first-order chi connectivity index (χ1) is 20.5. The number of benzene rings is 1. The molecular weight excluding hydrogens is 524 g/mol. The molecule has 2 saturated carbocycles. The molecule has 2 unspecified atom stereocenters. The molecule has 9 nitrogen and oxygen atoms in total. The number of carbonyl (C=O) groups excluding carboxylic acids is 1. The van der Waals surface area contributed by atoms with Crippen LogP contribution in [0.15, 0.2) is 60.9 Å². The fourth-order valence-electron chi connectivity index (χ4n) is 7.40. The van der Waals surface area contributed by atoms with Crippen molar-refractivity contribution in [1.82, 2.24) is 34.3 Å². The molecule has 2 bridgehead atoms. The Labute approximate surface area is 242 Å².